The van der Waals surface area contributed by atoms with Gasteiger partial charge in [0.2, 0.25) is 5.91 Å². The van der Waals surface area contributed by atoms with Crippen LogP contribution in [0.5, 0.6) is 23.3 Å². The number of ether oxygens (including phenoxy) is 6. The third-order valence-electron chi connectivity index (χ3n) is 12.8. The molecule has 25 nitrogen and oxygen atoms in total. The fourth-order valence-electron chi connectivity index (χ4n) is 8.75. The number of nitrogen functional groups attached to an aromatic ring is 1. The average molecular weight is 1140 g/mol. The zero-order valence-electron chi connectivity index (χ0n) is 47.9. The molecule has 2 aromatic carbocycles. The van der Waals surface area contributed by atoms with Crippen molar-refractivity contribution in [3.63, 3.8) is 0 Å². The molecule has 0 bridgehead atoms. The number of methoxy groups -OCH3 is 4. The molecule has 6 N–H and O–H groups in total. The molecule has 0 aliphatic carbocycles. The standard InChI is InChI=1S/C29H33N7O5.C18H20N6O4.C11H15NO2/c1-29(2,3)41-28(38)18-6-8-20(9-7-18)31-26(37)19-12-14-35(17-19)24-16-21(25-30-13-15-36(25)34-24)32-23-11-10-22(39-4)27(33-23)40-5;1-27-13-3-4-14(21-17(13)28-2)20-12-9-15(22-24-8-6-19-16(12)24)23-7-5-11(10-23)18(25)26;1-11(2,3)14-10(13)8-4-6-9(12)7-5-8/h6-11,13,15-16,19H,12,14,17H2,1-5H3,(H,31,37)(H,32,33);3-4,6,8-9,11H,5,7,10H2,1-2H3,(H,20,21)(H,25,26);4-7H,12H2,1-3H3. The minimum atomic E-state index is -0.779. The van der Waals surface area contributed by atoms with Gasteiger partial charge in [-0.15, -0.1) is 10.2 Å². The number of carboxylic acid groups (broad SMARTS) is 1. The van der Waals surface area contributed by atoms with Crippen molar-refractivity contribution in [3.05, 3.63) is 121 Å². The van der Waals surface area contributed by atoms with Crippen LogP contribution in [0.4, 0.5) is 46.0 Å². The van der Waals surface area contributed by atoms with Gasteiger partial charge in [-0.25, -0.2) is 28.6 Å². The summed E-state index contributed by atoms with van der Waals surface area (Å²) >= 11 is 0. The van der Waals surface area contributed by atoms with Gasteiger partial charge >= 0.3 is 17.9 Å². The van der Waals surface area contributed by atoms with Crippen LogP contribution in [0.3, 0.4) is 0 Å². The van der Waals surface area contributed by atoms with Gasteiger partial charge in [0.1, 0.15) is 22.8 Å². The highest BCUT2D eigenvalue weighted by molar-refractivity contribution is 5.95. The van der Waals surface area contributed by atoms with Crippen LogP contribution in [-0.4, -0.2) is 134 Å². The van der Waals surface area contributed by atoms with Crippen LogP contribution in [0.2, 0.25) is 0 Å². The summed E-state index contributed by atoms with van der Waals surface area (Å²) in [6.45, 7) is 13.2. The second kappa shape index (κ2) is 25.7. The van der Waals surface area contributed by atoms with E-state index in [0.29, 0.717) is 131 Å². The highest BCUT2D eigenvalue weighted by Gasteiger charge is 2.32. The summed E-state index contributed by atoms with van der Waals surface area (Å²) in [6.07, 6.45) is 8.12. The van der Waals surface area contributed by atoms with Crippen molar-refractivity contribution in [2.24, 2.45) is 11.8 Å². The summed E-state index contributed by atoms with van der Waals surface area (Å²) in [5, 5.41) is 28.0. The third-order valence-corrected chi connectivity index (χ3v) is 12.8. The second-order valence-corrected chi connectivity index (χ2v) is 21.2. The molecular formula is C58H68N14O11. The van der Waals surface area contributed by atoms with Gasteiger partial charge in [-0.2, -0.15) is 9.97 Å². The Hall–Kier alpha value is -9.94. The van der Waals surface area contributed by atoms with E-state index >= 15 is 0 Å². The zero-order chi connectivity index (χ0) is 59.6. The first-order valence-corrected chi connectivity index (χ1v) is 26.5. The van der Waals surface area contributed by atoms with Gasteiger partial charge in [0.25, 0.3) is 11.8 Å². The first kappa shape index (κ1) is 59.2. The van der Waals surface area contributed by atoms with Crippen molar-refractivity contribution in [1.29, 1.82) is 0 Å². The number of benzene rings is 2. The molecule has 10 rings (SSSR count). The van der Waals surface area contributed by atoms with Crippen LogP contribution in [-0.2, 0) is 19.1 Å². The Kier molecular flexibility index (Phi) is 18.3. The summed E-state index contributed by atoms with van der Waals surface area (Å²) in [7, 11) is 6.17. The fourth-order valence-corrected chi connectivity index (χ4v) is 8.75. The largest absolute Gasteiger partial charge is 0.491 e. The minimum Gasteiger partial charge on any atom is -0.491 e. The minimum absolute atomic E-state index is 0.0888. The highest BCUT2D eigenvalue weighted by atomic mass is 16.6. The molecule has 83 heavy (non-hydrogen) atoms. The fraction of sp³-hybridized carbons (Fsp3) is 0.345. The van der Waals surface area contributed by atoms with Gasteiger partial charge in [0.15, 0.2) is 34.4 Å². The Balaban J connectivity index is 0.000000184. The van der Waals surface area contributed by atoms with Crippen molar-refractivity contribution < 1.29 is 52.7 Å². The molecule has 8 heterocycles. The number of carbonyl (C=O) groups excluding carboxylic acids is 3. The maximum absolute atomic E-state index is 13.1. The molecule has 8 aromatic rings. The van der Waals surface area contributed by atoms with Crippen molar-refractivity contribution in [1.82, 2.24) is 39.2 Å². The maximum Gasteiger partial charge on any atom is 0.338 e. The van der Waals surface area contributed by atoms with E-state index in [1.54, 1.807) is 121 Å². The van der Waals surface area contributed by atoms with Crippen molar-refractivity contribution >= 4 is 81.1 Å². The number of fused-ring (bicyclic) bond motifs is 2. The van der Waals surface area contributed by atoms with E-state index in [9.17, 15) is 24.3 Å². The number of carboxylic acids is 1. The lowest BCUT2D eigenvalue weighted by Crippen LogP contribution is -2.27. The number of imidazole rings is 2. The van der Waals surface area contributed by atoms with Crippen molar-refractivity contribution in [2.75, 3.05) is 86.1 Å². The number of nitrogens with two attached hydrogens (primary N) is 1. The zero-order valence-corrected chi connectivity index (χ0v) is 47.9. The number of hydrogen-bond donors (Lipinski definition) is 5. The Labute approximate surface area is 479 Å². The number of rotatable bonds is 15. The molecule has 0 saturated carbocycles. The smallest absolute Gasteiger partial charge is 0.338 e. The van der Waals surface area contributed by atoms with Crippen molar-refractivity contribution in [2.45, 2.75) is 65.6 Å². The molecule has 2 saturated heterocycles. The Morgan fingerprint density at radius 1 is 0.590 bits per heavy atom. The van der Waals surface area contributed by atoms with Crippen LogP contribution >= 0.6 is 0 Å². The lowest BCUT2D eigenvalue weighted by atomic mass is 10.1. The summed E-state index contributed by atoms with van der Waals surface area (Å²) < 4.78 is 35.0. The number of pyridine rings is 2. The molecule has 2 aliphatic rings. The summed E-state index contributed by atoms with van der Waals surface area (Å²) in [5.74, 6) is 2.08. The monoisotopic (exact) mass is 1140 g/mol. The van der Waals surface area contributed by atoms with Crippen molar-refractivity contribution in [3.8, 4) is 23.3 Å². The highest BCUT2D eigenvalue weighted by Crippen LogP contribution is 2.33. The summed E-state index contributed by atoms with van der Waals surface area (Å²) in [5.41, 5.74) is 9.35. The van der Waals surface area contributed by atoms with Gasteiger partial charge in [0.05, 0.1) is 62.8 Å². The van der Waals surface area contributed by atoms with Crippen LogP contribution in [0.25, 0.3) is 11.3 Å². The van der Waals surface area contributed by atoms with E-state index < -0.39 is 23.1 Å². The normalized spacial score (nSPS) is 14.8. The van der Waals surface area contributed by atoms with Gasteiger partial charge in [-0.3, -0.25) is 9.59 Å². The van der Waals surface area contributed by atoms with Crippen LogP contribution in [0.15, 0.2) is 110 Å². The Morgan fingerprint density at radius 2 is 1.02 bits per heavy atom. The molecule has 6 aromatic heterocycles. The molecule has 436 valence electrons. The molecule has 1 amide bonds. The molecule has 2 atom stereocenters. The van der Waals surface area contributed by atoms with E-state index in [2.05, 4.69) is 45.9 Å². The van der Waals surface area contributed by atoms with E-state index in [1.807, 2.05) is 58.6 Å². The number of amides is 1. The van der Waals surface area contributed by atoms with E-state index in [0.717, 1.165) is 0 Å². The van der Waals surface area contributed by atoms with Crippen LogP contribution in [0.1, 0.15) is 75.1 Å². The molecule has 2 unspecified atom stereocenters. The number of nitrogens with one attached hydrogen (secondary N) is 3. The second-order valence-electron chi connectivity index (χ2n) is 21.2. The number of hydrogen-bond acceptors (Lipinski definition) is 21. The van der Waals surface area contributed by atoms with E-state index in [1.165, 1.54) is 14.2 Å². The number of aromatic nitrogens is 8. The lowest BCUT2D eigenvalue weighted by Gasteiger charge is -2.20. The summed E-state index contributed by atoms with van der Waals surface area (Å²) in [4.78, 5) is 69.8. The van der Waals surface area contributed by atoms with E-state index in [4.69, 9.17) is 39.3 Å². The predicted molar refractivity (Wildman–Crippen MR) is 312 cm³/mol. The van der Waals surface area contributed by atoms with Gasteiger partial charge < -0.3 is 65.0 Å². The topological polar surface area (TPSA) is 299 Å². The molecule has 25 heteroatoms. The third kappa shape index (κ3) is 15.3. The molecule has 0 spiro atoms. The van der Waals surface area contributed by atoms with Gasteiger partial charge in [-0.1, -0.05) is 0 Å². The number of anilines is 8. The lowest BCUT2D eigenvalue weighted by molar-refractivity contribution is -0.141. The molecule has 2 aliphatic heterocycles. The number of nitrogens with zero attached hydrogens (tertiary/aromatic N) is 10. The average Bonchev–Trinajstić information content (AvgIpc) is 4.49. The predicted octanol–water partition coefficient (Wildman–Crippen LogP) is 8.33. The molecular weight excluding hydrogens is 1070 g/mol. The first-order valence-electron chi connectivity index (χ1n) is 26.5. The number of esters is 2. The number of aliphatic carboxylic acids is 1. The molecule has 2 fully saturated rings. The Morgan fingerprint density at radius 3 is 1.43 bits per heavy atom. The Bertz CT molecular complexity index is 3580. The SMILES string of the molecule is CC(C)(C)OC(=O)c1ccc(N)cc1.COc1ccc(Nc2cc(N3CCC(C(=O)Nc4ccc(C(=O)OC(C)(C)C)cc4)C3)nn3ccnc23)nc1OC.COc1ccc(Nc2cc(N3CCC(C(=O)O)C3)nn3ccnc23)nc1OC. The summed E-state index contributed by atoms with van der Waals surface area (Å²) in [6, 6.07) is 24.2. The first-order chi connectivity index (χ1) is 39.6. The van der Waals surface area contributed by atoms with Gasteiger partial charge in [-0.05, 0) is 127 Å². The maximum atomic E-state index is 13.1. The van der Waals surface area contributed by atoms with Crippen LogP contribution < -0.4 is 50.4 Å². The number of carbonyl (C=O) groups is 4. The quantitative estimate of drug-likeness (QED) is 0.0476. The van der Waals surface area contributed by atoms with E-state index in [-0.39, 0.29) is 23.7 Å². The van der Waals surface area contributed by atoms with Crippen LogP contribution in [0, 0.1) is 11.8 Å². The van der Waals surface area contributed by atoms with Gasteiger partial charge in [0, 0.05) is 74.5 Å². The molecule has 0 radical (unpaired) electrons.